The molecule has 0 saturated carbocycles. The van der Waals surface area contributed by atoms with Gasteiger partial charge in [0.05, 0.1) is 24.4 Å². The molecule has 0 bridgehead atoms. The van der Waals surface area contributed by atoms with E-state index in [1.54, 1.807) is 25.6 Å². The molecule has 1 rings (SSSR count). The number of aryl methyl sites for hydroxylation is 2. The van der Waals surface area contributed by atoms with Crippen LogP contribution in [0, 0.1) is 13.8 Å². The lowest BCUT2D eigenvalue weighted by atomic mass is 10.4. The van der Waals surface area contributed by atoms with Crippen LogP contribution in [0.5, 0.6) is 0 Å². The predicted octanol–water partition coefficient (Wildman–Crippen LogP) is 1.01. The summed E-state index contributed by atoms with van der Waals surface area (Å²) in [6.07, 6.45) is 2.63. The third kappa shape index (κ3) is 5.01. The van der Waals surface area contributed by atoms with E-state index in [2.05, 4.69) is 9.82 Å². The molecule has 1 aromatic rings. The molecule has 0 aliphatic carbocycles. The van der Waals surface area contributed by atoms with E-state index in [9.17, 15) is 13.2 Å². The Morgan fingerprint density at radius 2 is 2.10 bits per heavy atom. The first-order chi connectivity index (χ1) is 9.79. The molecule has 0 aliphatic rings. The van der Waals surface area contributed by atoms with Crippen molar-refractivity contribution in [2.75, 3.05) is 18.6 Å². The molecule has 2 N–H and O–H groups in total. The van der Waals surface area contributed by atoms with Gasteiger partial charge in [0.1, 0.15) is 4.90 Å². The zero-order valence-electron chi connectivity index (χ0n) is 12.4. The molecule has 0 aliphatic heterocycles. The van der Waals surface area contributed by atoms with Crippen LogP contribution in [0.3, 0.4) is 0 Å². The summed E-state index contributed by atoms with van der Waals surface area (Å²) in [6, 6.07) is 0. The zero-order chi connectivity index (χ0) is 16.0. The smallest absolute Gasteiger partial charge is 0.305 e. The monoisotopic (exact) mass is 335 g/mol. The molecule has 0 radical (unpaired) electrons. The van der Waals surface area contributed by atoms with E-state index in [1.165, 1.54) is 4.68 Å². The van der Waals surface area contributed by atoms with Crippen molar-refractivity contribution in [2.45, 2.75) is 38.1 Å². The Hall–Kier alpha value is -1.06. The second-order valence-corrected chi connectivity index (χ2v) is 7.30. The number of carbonyl (C=O) groups is 1. The van der Waals surface area contributed by atoms with Crippen LogP contribution < -0.4 is 4.72 Å². The number of rotatable bonds is 9. The first-order valence-corrected chi connectivity index (χ1v) is 9.41. The highest BCUT2D eigenvalue weighted by Crippen LogP contribution is 2.19. The van der Waals surface area contributed by atoms with Crippen molar-refractivity contribution < 1.29 is 18.3 Å². The third-order valence-electron chi connectivity index (χ3n) is 2.94. The van der Waals surface area contributed by atoms with Crippen LogP contribution in [-0.2, 0) is 21.4 Å². The van der Waals surface area contributed by atoms with Crippen LogP contribution in [0.4, 0.5) is 0 Å². The van der Waals surface area contributed by atoms with Crippen molar-refractivity contribution in [1.29, 1.82) is 0 Å². The van der Waals surface area contributed by atoms with Gasteiger partial charge in [0.25, 0.3) is 0 Å². The van der Waals surface area contributed by atoms with Crippen molar-refractivity contribution in [3.63, 3.8) is 0 Å². The first-order valence-electron chi connectivity index (χ1n) is 6.54. The average Bonchev–Trinajstić information content (AvgIpc) is 2.67. The molecular formula is C12H21N3O4S2. The van der Waals surface area contributed by atoms with E-state index in [1.807, 2.05) is 6.26 Å². The summed E-state index contributed by atoms with van der Waals surface area (Å²) >= 11 is 1.66. The van der Waals surface area contributed by atoms with E-state index in [0.29, 0.717) is 17.9 Å². The number of sulfonamides is 1. The minimum atomic E-state index is -3.61. The molecule has 1 heterocycles. The van der Waals surface area contributed by atoms with Crippen molar-refractivity contribution >= 4 is 27.8 Å². The highest BCUT2D eigenvalue weighted by atomic mass is 32.2. The van der Waals surface area contributed by atoms with Gasteiger partial charge in [-0.05, 0) is 32.3 Å². The molecule has 0 unspecified atom stereocenters. The van der Waals surface area contributed by atoms with Crippen LogP contribution >= 0.6 is 11.8 Å². The van der Waals surface area contributed by atoms with Crippen LogP contribution in [0.2, 0.25) is 0 Å². The summed E-state index contributed by atoms with van der Waals surface area (Å²) in [7, 11) is -3.61. The van der Waals surface area contributed by atoms with Gasteiger partial charge >= 0.3 is 5.97 Å². The number of hydrogen-bond donors (Lipinski definition) is 2. The van der Waals surface area contributed by atoms with Crippen molar-refractivity contribution in [2.24, 2.45) is 0 Å². The lowest BCUT2D eigenvalue weighted by Crippen LogP contribution is -2.26. The number of thioether (sulfide) groups is 1. The quantitative estimate of drug-likeness (QED) is 0.653. The van der Waals surface area contributed by atoms with E-state index in [0.717, 1.165) is 12.2 Å². The van der Waals surface area contributed by atoms with Gasteiger partial charge in [-0.25, -0.2) is 13.1 Å². The Kier molecular flexibility index (Phi) is 6.69. The summed E-state index contributed by atoms with van der Waals surface area (Å²) < 4.78 is 28.6. The van der Waals surface area contributed by atoms with Gasteiger partial charge in [-0.1, -0.05) is 0 Å². The molecule has 0 amide bonds. The van der Waals surface area contributed by atoms with Crippen molar-refractivity contribution in [3.8, 4) is 0 Å². The molecule has 0 aromatic carbocycles. The number of nitrogens with zero attached hydrogens (tertiary/aromatic N) is 2. The highest BCUT2D eigenvalue weighted by molar-refractivity contribution is 7.98. The molecule has 7 nitrogen and oxygen atoms in total. The Morgan fingerprint density at radius 1 is 1.43 bits per heavy atom. The van der Waals surface area contributed by atoms with Crippen molar-refractivity contribution in [3.05, 3.63) is 11.4 Å². The highest BCUT2D eigenvalue weighted by Gasteiger charge is 2.24. The number of carboxylic acid groups (broad SMARTS) is 1. The minimum absolute atomic E-state index is 0.0946. The summed E-state index contributed by atoms with van der Waals surface area (Å²) in [5.74, 6) is -0.0552. The van der Waals surface area contributed by atoms with Gasteiger partial charge in [-0.15, -0.1) is 0 Å². The third-order valence-corrected chi connectivity index (χ3v) is 5.35. The predicted molar refractivity (Wildman–Crippen MR) is 82.1 cm³/mol. The van der Waals surface area contributed by atoms with E-state index in [-0.39, 0.29) is 17.9 Å². The minimum Gasteiger partial charge on any atom is -0.481 e. The fourth-order valence-electron chi connectivity index (χ4n) is 1.98. The first kappa shape index (κ1) is 18.0. The lowest BCUT2D eigenvalue weighted by molar-refractivity contribution is -0.137. The second-order valence-electron chi connectivity index (χ2n) is 4.61. The van der Waals surface area contributed by atoms with Gasteiger partial charge in [-0.2, -0.15) is 16.9 Å². The van der Waals surface area contributed by atoms with Gasteiger partial charge in [-0.3, -0.25) is 9.48 Å². The molecule has 0 saturated heterocycles. The standard InChI is InChI=1S/C12H21N3O4S2/c1-9-12(21(18,19)13-6-4-8-20-3)10(2)15(14-9)7-5-11(16)17/h13H,4-8H2,1-3H3,(H,16,17). The summed E-state index contributed by atoms with van der Waals surface area (Å²) in [5, 5.41) is 12.8. The molecular weight excluding hydrogens is 314 g/mol. The molecule has 21 heavy (non-hydrogen) atoms. The Balaban J connectivity index is 2.88. The number of aromatic nitrogens is 2. The molecule has 1 aromatic heterocycles. The van der Waals surface area contributed by atoms with Gasteiger partial charge in [0.2, 0.25) is 10.0 Å². The van der Waals surface area contributed by atoms with Gasteiger partial charge < -0.3 is 5.11 Å². The fourth-order valence-corrected chi connectivity index (χ4v) is 3.90. The SMILES string of the molecule is CSCCCNS(=O)(=O)c1c(C)nn(CCC(=O)O)c1C. The van der Waals surface area contributed by atoms with Gasteiger partial charge in [0, 0.05) is 6.54 Å². The zero-order valence-corrected chi connectivity index (χ0v) is 14.1. The second kappa shape index (κ2) is 7.81. The fraction of sp³-hybridized carbons (Fsp3) is 0.667. The van der Waals surface area contributed by atoms with Crippen molar-refractivity contribution in [1.82, 2.24) is 14.5 Å². The van der Waals surface area contributed by atoms with E-state index >= 15 is 0 Å². The maximum absolute atomic E-state index is 12.3. The maximum atomic E-state index is 12.3. The molecule has 0 fully saturated rings. The molecule has 9 heteroatoms. The maximum Gasteiger partial charge on any atom is 0.305 e. The largest absolute Gasteiger partial charge is 0.481 e. The molecule has 0 spiro atoms. The normalized spacial score (nSPS) is 11.8. The Morgan fingerprint density at radius 3 is 2.67 bits per heavy atom. The molecule has 0 atom stereocenters. The summed E-state index contributed by atoms with van der Waals surface area (Å²) in [5.41, 5.74) is 0.848. The summed E-state index contributed by atoms with van der Waals surface area (Å²) in [6.45, 7) is 3.78. The van der Waals surface area contributed by atoms with Crippen LogP contribution in [0.15, 0.2) is 4.90 Å². The lowest BCUT2D eigenvalue weighted by Gasteiger charge is -2.07. The van der Waals surface area contributed by atoms with Gasteiger partial charge in [0.15, 0.2) is 0 Å². The number of hydrogen-bond acceptors (Lipinski definition) is 5. The van der Waals surface area contributed by atoms with E-state index in [4.69, 9.17) is 5.11 Å². The average molecular weight is 335 g/mol. The summed E-state index contributed by atoms with van der Waals surface area (Å²) in [4.78, 5) is 10.8. The number of nitrogens with one attached hydrogen (secondary N) is 1. The van der Waals surface area contributed by atoms with E-state index < -0.39 is 16.0 Å². The molecule has 120 valence electrons. The van der Waals surface area contributed by atoms with Crippen LogP contribution in [0.1, 0.15) is 24.2 Å². The Labute approximate surface area is 129 Å². The van der Waals surface area contributed by atoms with Crippen LogP contribution in [0.25, 0.3) is 0 Å². The number of carboxylic acids is 1. The van der Waals surface area contributed by atoms with Crippen LogP contribution in [-0.4, -0.2) is 47.8 Å². The number of aliphatic carboxylic acids is 1. The Bertz CT molecular complexity index is 596. The topological polar surface area (TPSA) is 101 Å².